The van der Waals surface area contributed by atoms with Crippen molar-refractivity contribution in [2.24, 2.45) is 0 Å². The summed E-state index contributed by atoms with van der Waals surface area (Å²) in [7, 11) is 0. The number of carbonyl (C=O) groups is 1. The molecule has 0 aliphatic rings. The Hall–Kier alpha value is -1.55. The third kappa shape index (κ3) is 4.87. The third-order valence-electron chi connectivity index (χ3n) is 2.40. The molecule has 0 aromatic heterocycles. The minimum Gasteiger partial charge on any atom is -0.491 e. The molecule has 0 spiro atoms. The highest BCUT2D eigenvalue weighted by atomic mass is 16.5. The first-order valence-corrected chi connectivity index (χ1v) is 5.61. The van der Waals surface area contributed by atoms with Crippen molar-refractivity contribution in [2.75, 3.05) is 6.61 Å². The highest BCUT2D eigenvalue weighted by Crippen LogP contribution is 2.18. The van der Waals surface area contributed by atoms with Gasteiger partial charge in [0.05, 0.1) is 12.5 Å². The Kier molecular flexibility index (Phi) is 4.97. The van der Waals surface area contributed by atoms with E-state index >= 15 is 0 Å². The highest BCUT2D eigenvalue weighted by molar-refractivity contribution is 5.67. The van der Waals surface area contributed by atoms with Crippen molar-refractivity contribution in [3.8, 4) is 5.75 Å². The van der Waals surface area contributed by atoms with Gasteiger partial charge < -0.3 is 14.9 Å². The van der Waals surface area contributed by atoms with Crippen LogP contribution in [0.15, 0.2) is 24.3 Å². The lowest BCUT2D eigenvalue weighted by atomic mass is 10.0. The molecule has 0 amide bonds. The second kappa shape index (κ2) is 6.25. The van der Waals surface area contributed by atoms with E-state index in [4.69, 9.17) is 9.84 Å². The Labute approximate surface area is 101 Å². The number of carboxylic acid groups (broad SMARTS) is 1. The fourth-order valence-electron chi connectivity index (χ4n) is 1.40. The second-order valence-corrected chi connectivity index (χ2v) is 4.29. The topological polar surface area (TPSA) is 66.8 Å². The zero-order valence-corrected chi connectivity index (χ0v) is 10.1. The Bertz CT molecular complexity index is 356. The molecule has 4 nitrogen and oxygen atoms in total. The number of hydrogen-bond acceptors (Lipinski definition) is 3. The maximum absolute atomic E-state index is 10.3. The van der Waals surface area contributed by atoms with Gasteiger partial charge in [-0.3, -0.25) is 4.79 Å². The van der Waals surface area contributed by atoms with Crippen molar-refractivity contribution >= 4 is 5.97 Å². The average molecular weight is 238 g/mol. The van der Waals surface area contributed by atoms with Crippen LogP contribution in [0, 0.1) is 0 Å². The molecule has 1 rings (SSSR count). The fraction of sp³-hybridized carbons (Fsp3) is 0.462. The van der Waals surface area contributed by atoms with Crippen molar-refractivity contribution in [1.29, 1.82) is 0 Å². The van der Waals surface area contributed by atoms with E-state index in [1.54, 1.807) is 0 Å². The predicted molar refractivity (Wildman–Crippen MR) is 64.3 cm³/mol. The van der Waals surface area contributed by atoms with E-state index in [0.717, 1.165) is 0 Å². The van der Waals surface area contributed by atoms with E-state index in [0.29, 0.717) is 11.7 Å². The van der Waals surface area contributed by atoms with Crippen molar-refractivity contribution in [3.05, 3.63) is 29.8 Å². The summed E-state index contributed by atoms with van der Waals surface area (Å²) in [5, 5.41) is 17.8. The lowest BCUT2D eigenvalue weighted by molar-refractivity contribution is -0.139. The summed E-state index contributed by atoms with van der Waals surface area (Å²) in [5.74, 6) is 0.0664. The Balaban J connectivity index is 2.44. The molecule has 0 aliphatic heterocycles. The molecule has 0 saturated carbocycles. The zero-order valence-electron chi connectivity index (χ0n) is 10.1. The number of benzene rings is 1. The molecule has 1 aromatic carbocycles. The normalized spacial score (nSPS) is 12.5. The van der Waals surface area contributed by atoms with Gasteiger partial charge >= 0.3 is 5.97 Å². The van der Waals surface area contributed by atoms with Crippen molar-refractivity contribution in [2.45, 2.75) is 32.3 Å². The molecule has 1 aromatic rings. The minimum absolute atomic E-state index is 0.00662. The van der Waals surface area contributed by atoms with E-state index in [1.165, 1.54) is 5.56 Å². The molecule has 0 fully saturated rings. The van der Waals surface area contributed by atoms with Gasteiger partial charge in [0.15, 0.2) is 0 Å². The summed E-state index contributed by atoms with van der Waals surface area (Å²) in [6.45, 7) is 4.20. The van der Waals surface area contributed by atoms with Crippen LogP contribution in [-0.2, 0) is 4.79 Å². The van der Waals surface area contributed by atoms with Crippen LogP contribution >= 0.6 is 0 Å². The van der Waals surface area contributed by atoms with Gasteiger partial charge in [0.25, 0.3) is 0 Å². The number of aliphatic hydroxyl groups is 1. The largest absolute Gasteiger partial charge is 0.491 e. The predicted octanol–water partition coefficient (Wildman–Crippen LogP) is 2.02. The number of ether oxygens (including phenoxy) is 1. The Morgan fingerprint density at radius 3 is 2.35 bits per heavy atom. The molecular weight excluding hydrogens is 220 g/mol. The maximum atomic E-state index is 10.3. The SMILES string of the molecule is CC(C)c1ccc(OCC(O)CC(=O)O)cc1. The Morgan fingerprint density at radius 2 is 1.88 bits per heavy atom. The first kappa shape index (κ1) is 13.5. The molecule has 94 valence electrons. The number of aliphatic carboxylic acids is 1. The van der Waals surface area contributed by atoms with Gasteiger partial charge in [0, 0.05) is 0 Å². The Morgan fingerprint density at radius 1 is 1.29 bits per heavy atom. The first-order valence-electron chi connectivity index (χ1n) is 5.61. The summed E-state index contributed by atoms with van der Waals surface area (Å²) < 4.78 is 5.29. The van der Waals surface area contributed by atoms with E-state index < -0.39 is 12.1 Å². The van der Waals surface area contributed by atoms with Crippen LogP contribution in [0.25, 0.3) is 0 Å². The van der Waals surface area contributed by atoms with Gasteiger partial charge in [0.2, 0.25) is 0 Å². The molecule has 1 unspecified atom stereocenters. The van der Waals surface area contributed by atoms with Crippen LogP contribution in [0.5, 0.6) is 5.75 Å². The number of rotatable bonds is 6. The van der Waals surface area contributed by atoms with Crippen LogP contribution in [0.2, 0.25) is 0 Å². The van der Waals surface area contributed by atoms with Crippen LogP contribution in [0.3, 0.4) is 0 Å². The smallest absolute Gasteiger partial charge is 0.306 e. The van der Waals surface area contributed by atoms with Gasteiger partial charge in [-0.1, -0.05) is 26.0 Å². The van der Waals surface area contributed by atoms with Gasteiger partial charge in [-0.25, -0.2) is 0 Å². The highest BCUT2D eigenvalue weighted by Gasteiger charge is 2.10. The lowest BCUT2D eigenvalue weighted by Gasteiger charge is -2.11. The molecule has 0 bridgehead atoms. The van der Waals surface area contributed by atoms with Gasteiger partial charge in [0.1, 0.15) is 12.4 Å². The zero-order chi connectivity index (χ0) is 12.8. The quantitative estimate of drug-likeness (QED) is 0.795. The summed E-state index contributed by atoms with van der Waals surface area (Å²) in [6.07, 6.45) is -1.28. The van der Waals surface area contributed by atoms with E-state index in [1.807, 2.05) is 24.3 Å². The van der Waals surface area contributed by atoms with Gasteiger partial charge in [-0.15, -0.1) is 0 Å². The monoisotopic (exact) mass is 238 g/mol. The summed E-state index contributed by atoms with van der Waals surface area (Å²) >= 11 is 0. The van der Waals surface area contributed by atoms with Crippen molar-refractivity contribution in [3.63, 3.8) is 0 Å². The lowest BCUT2D eigenvalue weighted by Crippen LogP contribution is -2.21. The molecule has 17 heavy (non-hydrogen) atoms. The molecule has 1 atom stereocenters. The number of hydrogen-bond donors (Lipinski definition) is 2. The van der Waals surface area contributed by atoms with Crippen LogP contribution in [0.1, 0.15) is 31.7 Å². The molecule has 0 heterocycles. The van der Waals surface area contributed by atoms with Crippen molar-refractivity contribution in [1.82, 2.24) is 0 Å². The van der Waals surface area contributed by atoms with Gasteiger partial charge in [-0.2, -0.15) is 0 Å². The fourth-order valence-corrected chi connectivity index (χ4v) is 1.40. The second-order valence-electron chi connectivity index (χ2n) is 4.29. The van der Waals surface area contributed by atoms with Crippen LogP contribution in [-0.4, -0.2) is 28.9 Å². The van der Waals surface area contributed by atoms with E-state index in [2.05, 4.69) is 13.8 Å². The number of aliphatic hydroxyl groups excluding tert-OH is 1. The molecule has 4 heteroatoms. The molecular formula is C13H18O4. The molecule has 0 radical (unpaired) electrons. The maximum Gasteiger partial charge on any atom is 0.306 e. The van der Waals surface area contributed by atoms with E-state index in [-0.39, 0.29) is 13.0 Å². The third-order valence-corrected chi connectivity index (χ3v) is 2.40. The molecule has 2 N–H and O–H groups in total. The first-order chi connectivity index (χ1) is 7.99. The van der Waals surface area contributed by atoms with Crippen LogP contribution < -0.4 is 4.74 Å². The van der Waals surface area contributed by atoms with E-state index in [9.17, 15) is 9.90 Å². The summed E-state index contributed by atoms with van der Waals surface area (Å²) in [4.78, 5) is 10.3. The molecule has 0 aliphatic carbocycles. The van der Waals surface area contributed by atoms with Crippen molar-refractivity contribution < 1.29 is 19.7 Å². The van der Waals surface area contributed by atoms with Crippen LogP contribution in [0.4, 0.5) is 0 Å². The van der Waals surface area contributed by atoms with Gasteiger partial charge in [-0.05, 0) is 23.6 Å². The number of carboxylic acids is 1. The summed E-state index contributed by atoms with van der Waals surface area (Å²) in [6, 6.07) is 7.57. The average Bonchev–Trinajstić information content (AvgIpc) is 2.26. The molecule has 0 saturated heterocycles. The minimum atomic E-state index is -1.03. The standard InChI is InChI=1S/C13H18O4/c1-9(2)10-3-5-12(6-4-10)17-8-11(14)7-13(15)16/h3-6,9,11,14H,7-8H2,1-2H3,(H,15,16). The summed E-state index contributed by atoms with van der Waals surface area (Å²) in [5.41, 5.74) is 1.21.